The van der Waals surface area contributed by atoms with Gasteiger partial charge in [-0.3, -0.25) is 24.6 Å². The molecule has 0 aliphatic carbocycles. The van der Waals surface area contributed by atoms with E-state index in [0.717, 1.165) is 5.56 Å². The third kappa shape index (κ3) is 3.79. The number of carbonyl (C=O) groups excluding carboxylic acids is 2. The first kappa shape index (κ1) is 15.9. The number of nitro groups is 1. The summed E-state index contributed by atoms with van der Waals surface area (Å²) < 4.78 is 4.62. The molecule has 0 aromatic heterocycles. The second-order valence-electron chi connectivity index (χ2n) is 4.98. The molecule has 1 fully saturated rings. The predicted molar refractivity (Wildman–Crippen MR) is 76.9 cm³/mol. The van der Waals surface area contributed by atoms with E-state index in [2.05, 4.69) is 10.1 Å². The van der Waals surface area contributed by atoms with Crippen LogP contribution in [0.5, 0.6) is 0 Å². The maximum Gasteiger partial charge on any atom is 0.307 e. The fraction of sp³-hybridized carbons (Fsp3) is 0.429. The molecule has 1 saturated heterocycles. The molecule has 0 spiro atoms. The maximum atomic E-state index is 11.9. The second kappa shape index (κ2) is 6.99. The minimum absolute atomic E-state index is 0.0185. The molecule has 0 saturated carbocycles. The molecule has 0 unspecified atom stereocenters. The summed E-state index contributed by atoms with van der Waals surface area (Å²) in [5, 5.41) is 13.4. The lowest BCUT2D eigenvalue weighted by Crippen LogP contribution is -2.55. The van der Waals surface area contributed by atoms with Crippen molar-refractivity contribution in [3.63, 3.8) is 0 Å². The number of hydrogen-bond acceptors (Lipinski definition) is 6. The van der Waals surface area contributed by atoms with Gasteiger partial charge in [0.05, 0.1) is 18.5 Å². The number of non-ortho nitro benzene ring substituents is 1. The summed E-state index contributed by atoms with van der Waals surface area (Å²) in [6.07, 6.45) is -0.0185. The number of carbonyl (C=O) groups is 2. The van der Waals surface area contributed by atoms with Crippen LogP contribution in [0.3, 0.4) is 0 Å². The molecule has 1 aromatic rings. The lowest BCUT2D eigenvalue weighted by molar-refractivity contribution is -0.384. The molecule has 0 bridgehead atoms. The fourth-order valence-corrected chi connectivity index (χ4v) is 2.37. The molecule has 8 nitrogen and oxygen atoms in total. The van der Waals surface area contributed by atoms with Crippen LogP contribution in [0.15, 0.2) is 24.3 Å². The zero-order valence-electron chi connectivity index (χ0n) is 12.2. The van der Waals surface area contributed by atoms with Crippen molar-refractivity contribution >= 4 is 17.6 Å². The second-order valence-corrected chi connectivity index (χ2v) is 4.98. The van der Waals surface area contributed by atoms with Crippen molar-refractivity contribution in [3.05, 3.63) is 39.9 Å². The number of ether oxygens (including phenoxy) is 1. The molecule has 1 aromatic carbocycles. The van der Waals surface area contributed by atoms with E-state index in [-0.39, 0.29) is 18.0 Å². The standard InChI is InChI=1S/C14H17N3O5/c1-22-13(18)8-12-14(19)15-6-7-16(12)9-10-2-4-11(5-3-10)17(20)21/h2-5,12H,6-9H2,1H3,(H,15,19)/t12-/m1/s1. The molecule has 22 heavy (non-hydrogen) atoms. The molecule has 118 valence electrons. The van der Waals surface area contributed by atoms with Gasteiger partial charge in [-0.15, -0.1) is 0 Å². The lowest BCUT2D eigenvalue weighted by atomic mass is 10.1. The van der Waals surface area contributed by atoms with E-state index in [0.29, 0.717) is 19.6 Å². The third-order valence-corrected chi connectivity index (χ3v) is 3.56. The molecular formula is C14H17N3O5. The zero-order chi connectivity index (χ0) is 16.1. The topological polar surface area (TPSA) is 102 Å². The number of esters is 1. The van der Waals surface area contributed by atoms with Crippen LogP contribution in [-0.4, -0.2) is 47.9 Å². The maximum absolute atomic E-state index is 11.9. The van der Waals surface area contributed by atoms with E-state index >= 15 is 0 Å². The predicted octanol–water partition coefficient (Wildman–Crippen LogP) is 0.458. The van der Waals surface area contributed by atoms with Gasteiger partial charge in [-0.2, -0.15) is 0 Å². The minimum atomic E-state index is -0.587. The van der Waals surface area contributed by atoms with E-state index < -0.39 is 16.9 Å². The van der Waals surface area contributed by atoms with E-state index in [1.54, 1.807) is 12.1 Å². The Hall–Kier alpha value is -2.48. The molecule has 1 N–H and O–H groups in total. The van der Waals surface area contributed by atoms with Crippen LogP contribution in [0.25, 0.3) is 0 Å². The van der Waals surface area contributed by atoms with Gasteiger partial charge in [0.15, 0.2) is 0 Å². The van der Waals surface area contributed by atoms with Gasteiger partial charge in [0.1, 0.15) is 6.04 Å². The van der Waals surface area contributed by atoms with Crippen LogP contribution in [-0.2, 0) is 20.9 Å². The van der Waals surface area contributed by atoms with Crippen molar-refractivity contribution in [3.8, 4) is 0 Å². The van der Waals surface area contributed by atoms with Gasteiger partial charge in [0, 0.05) is 31.8 Å². The number of amides is 1. The highest BCUT2D eigenvalue weighted by Gasteiger charge is 2.31. The van der Waals surface area contributed by atoms with Crippen LogP contribution in [0, 0.1) is 10.1 Å². The SMILES string of the molecule is COC(=O)C[C@@H]1C(=O)NCCN1Cc1ccc([N+](=O)[O-])cc1. The van der Waals surface area contributed by atoms with Crippen molar-refractivity contribution in [2.24, 2.45) is 0 Å². The largest absolute Gasteiger partial charge is 0.469 e. The number of piperazine rings is 1. The summed E-state index contributed by atoms with van der Waals surface area (Å²) >= 11 is 0. The first-order valence-corrected chi connectivity index (χ1v) is 6.83. The van der Waals surface area contributed by atoms with E-state index in [4.69, 9.17) is 0 Å². The number of benzene rings is 1. The van der Waals surface area contributed by atoms with Crippen molar-refractivity contribution in [2.75, 3.05) is 20.2 Å². The summed E-state index contributed by atoms with van der Waals surface area (Å²) in [6, 6.07) is 5.57. The smallest absolute Gasteiger partial charge is 0.307 e. The Labute approximate surface area is 127 Å². The Balaban J connectivity index is 2.09. The van der Waals surface area contributed by atoms with E-state index in [1.807, 2.05) is 4.90 Å². The number of hydrogen-bond donors (Lipinski definition) is 1. The third-order valence-electron chi connectivity index (χ3n) is 3.56. The van der Waals surface area contributed by atoms with Gasteiger partial charge in [-0.1, -0.05) is 12.1 Å². The Kier molecular flexibility index (Phi) is 5.05. The van der Waals surface area contributed by atoms with Crippen LogP contribution in [0.1, 0.15) is 12.0 Å². The summed E-state index contributed by atoms with van der Waals surface area (Å²) in [7, 11) is 1.28. The average molecular weight is 307 g/mol. The molecule has 1 aliphatic rings. The highest BCUT2D eigenvalue weighted by Crippen LogP contribution is 2.17. The van der Waals surface area contributed by atoms with E-state index in [9.17, 15) is 19.7 Å². The van der Waals surface area contributed by atoms with Crippen molar-refractivity contribution in [1.82, 2.24) is 10.2 Å². The first-order chi connectivity index (χ1) is 10.5. The summed E-state index contributed by atoms with van der Waals surface area (Å²) in [5.41, 5.74) is 0.862. The van der Waals surface area contributed by atoms with Crippen LogP contribution < -0.4 is 5.32 Å². The molecule has 2 rings (SSSR count). The summed E-state index contributed by atoms with van der Waals surface area (Å²) in [5.74, 6) is -0.658. The van der Waals surface area contributed by atoms with Gasteiger partial charge in [-0.25, -0.2) is 0 Å². The van der Waals surface area contributed by atoms with Crippen molar-refractivity contribution in [1.29, 1.82) is 0 Å². The fourth-order valence-electron chi connectivity index (χ4n) is 2.37. The summed E-state index contributed by atoms with van der Waals surface area (Å²) in [4.78, 5) is 35.4. The number of methoxy groups -OCH3 is 1. The highest BCUT2D eigenvalue weighted by atomic mass is 16.6. The molecule has 1 heterocycles. The van der Waals surface area contributed by atoms with Gasteiger partial charge >= 0.3 is 5.97 Å². The van der Waals surface area contributed by atoms with Gasteiger partial charge in [0.25, 0.3) is 5.69 Å². The van der Waals surface area contributed by atoms with E-state index in [1.165, 1.54) is 19.2 Å². The molecule has 1 amide bonds. The van der Waals surface area contributed by atoms with Gasteiger partial charge in [-0.05, 0) is 5.56 Å². The Morgan fingerprint density at radius 2 is 2.14 bits per heavy atom. The van der Waals surface area contributed by atoms with Gasteiger partial charge in [0.2, 0.25) is 5.91 Å². The lowest BCUT2D eigenvalue weighted by Gasteiger charge is -2.34. The van der Waals surface area contributed by atoms with Crippen molar-refractivity contribution in [2.45, 2.75) is 19.0 Å². The normalized spacial score (nSPS) is 18.6. The number of rotatable bonds is 5. The number of nitrogens with zero attached hydrogens (tertiary/aromatic N) is 2. The Morgan fingerprint density at radius 1 is 1.45 bits per heavy atom. The number of nitro benzene ring substituents is 1. The summed E-state index contributed by atoms with van der Waals surface area (Å²) in [6.45, 7) is 1.54. The molecule has 0 radical (unpaired) electrons. The van der Waals surface area contributed by atoms with Crippen LogP contribution in [0.2, 0.25) is 0 Å². The molecule has 1 aliphatic heterocycles. The average Bonchev–Trinajstić information content (AvgIpc) is 2.51. The van der Waals surface area contributed by atoms with Crippen LogP contribution >= 0.6 is 0 Å². The molecule has 1 atom stereocenters. The molecule has 8 heteroatoms. The zero-order valence-corrected chi connectivity index (χ0v) is 12.2. The van der Waals surface area contributed by atoms with Gasteiger partial charge < -0.3 is 10.1 Å². The van der Waals surface area contributed by atoms with Crippen molar-refractivity contribution < 1.29 is 19.2 Å². The minimum Gasteiger partial charge on any atom is -0.469 e. The Morgan fingerprint density at radius 3 is 2.73 bits per heavy atom. The highest BCUT2D eigenvalue weighted by molar-refractivity contribution is 5.87. The van der Waals surface area contributed by atoms with Crippen LogP contribution in [0.4, 0.5) is 5.69 Å². The first-order valence-electron chi connectivity index (χ1n) is 6.83. The monoisotopic (exact) mass is 307 g/mol. The Bertz CT molecular complexity index is 572. The number of nitrogens with one attached hydrogen (secondary N) is 1. The quantitative estimate of drug-likeness (QED) is 0.481. The molecular weight excluding hydrogens is 290 g/mol.